The predicted molar refractivity (Wildman–Crippen MR) is 154 cm³/mol. The van der Waals surface area contributed by atoms with Crippen molar-refractivity contribution in [2.24, 2.45) is 0 Å². The van der Waals surface area contributed by atoms with Gasteiger partial charge in [0, 0.05) is 32.1 Å². The number of alkyl halides is 12. The number of hydrogen-bond acceptors (Lipinski definition) is 15. The van der Waals surface area contributed by atoms with Gasteiger partial charge in [-0.1, -0.05) is 27.2 Å². The van der Waals surface area contributed by atoms with Gasteiger partial charge in [-0.3, -0.25) is 0 Å². The summed E-state index contributed by atoms with van der Waals surface area (Å²) >= 11 is 0. The van der Waals surface area contributed by atoms with Crippen LogP contribution in [-0.4, -0.2) is 69.5 Å². The summed E-state index contributed by atoms with van der Waals surface area (Å²) < 4.78 is 181. The van der Waals surface area contributed by atoms with Crippen molar-refractivity contribution in [3.63, 3.8) is 0 Å². The van der Waals surface area contributed by atoms with Crippen LogP contribution in [0.15, 0.2) is 38.0 Å². The van der Waals surface area contributed by atoms with Gasteiger partial charge in [-0.2, -0.15) is 95.3 Å². The number of nitrogens with zero attached hydrogens (tertiary/aromatic N) is 3. The molecule has 0 aliphatic carbocycles. The number of carbonyl (C=O) groups excluding carboxylic acids is 3. The van der Waals surface area contributed by atoms with Crippen molar-refractivity contribution >= 4 is 17.9 Å². The van der Waals surface area contributed by atoms with Crippen molar-refractivity contribution in [1.29, 1.82) is 0 Å². The van der Waals surface area contributed by atoms with E-state index in [2.05, 4.69) is 115 Å². The van der Waals surface area contributed by atoms with E-state index in [1.54, 1.807) is 4.74 Å². The van der Waals surface area contributed by atoms with Gasteiger partial charge in [-0.05, 0) is 0 Å². The van der Waals surface area contributed by atoms with Gasteiger partial charge in [-0.15, -0.1) is 15.0 Å². The second kappa shape index (κ2) is 28.6. The van der Waals surface area contributed by atoms with Crippen molar-refractivity contribution in [2.75, 3.05) is 0 Å². The Kier molecular flexibility index (Phi) is 33.7. The summed E-state index contributed by atoms with van der Waals surface area (Å²) in [6, 6.07) is -0.0769. The van der Waals surface area contributed by atoms with E-state index in [0.717, 1.165) is 18.2 Å². The molecular weight excluding hydrogens is 1590 g/mol. The number of aromatic nitrogens is 3. The molecule has 0 amide bonds. The molecule has 0 aliphatic heterocycles. The minimum Gasteiger partial charge on any atom is -0.638 e. The molecule has 0 fully saturated rings. The maximum atomic E-state index is 12.7. The molecule has 0 aliphatic rings. The zero-order chi connectivity index (χ0) is 43.1. The first-order chi connectivity index (χ1) is 23.8. The molecule has 1 rings (SSSR count). The van der Waals surface area contributed by atoms with Crippen molar-refractivity contribution in [1.82, 2.24) is 15.0 Å². The van der Waals surface area contributed by atoms with E-state index < -0.39 is 68.4 Å². The fourth-order valence-corrected chi connectivity index (χ4v) is 1.54. The minimum absolute atomic E-state index is 0. The van der Waals surface area contributed by atoms with E-state index in [9.17, 15) is 67.1 Å². The van der Waals surface area contributed by atoms with Crippen LogP contribution in [0.5, 0.6) is 18.0 Å². The number of ether oxygens (including phenoxy) is 9. The first-order valence-electron chi connectivity index (χ1n) is 12.0. The third-order valence-corrected chi connectivity index (χ3v) is 3.44. The third kappa shape index (κ3) is 30.3. The van der Waals surface area contributed by atoms with Crippen LogP contribution < -0.4 is 14.2 Å². The molecule has 0 radical (unpaired) electrons. The van der Waals surface area contributed by atoms with E-state index in [1.807, 2.05) is 0 Å². The fourth-order valence-electron chi connectivity index (χ4n) is 1.54. The van der Waals surface area contributed by atoms with Gasteiger partial charge >= 0.3 is 36.7 Å². The number of carbonyl (C=O) groups is 3. The van der Waals surface area contributed by atoms with Crippen LogP contribution in [0.1, 0.15) is 21.3 Å². The van der Waals surface area contributed by atoms with Crippen LogP contribution in [0.25, 0.3) is 0 Å². The first-order valence-corrected chi connectivity index (χ1v) is 12.0. The van der Waals surface area contributed by atoms with Crippen molar-refractivity contribution in [3.8, 4) is 18.0 Å². The van der Waals surface area contributed by atoms with Gasteiger partial charge < -0.3 is 28.4 Å². The van der Waals surface area contributed by atoms with Crippen molar-refractivity contribution in [3.05, 3.63) is 80.6 Å². The largest absolute Gasteiger partial charge is 0.638 e. The quantitative estimate of drug-likeness (QED) is 0.0603. The summed E-state index contributed by atoms with van der Waals surface area (Å²) in [4.78, 5) is 40.2. The van der Waals surface area contributed by atoms with Crippen molar-refractivity contribution in [2.45, 2.75) is 57.9 Å². The molecule has 0 bridgehead atoms. The van der Waals surface area contributed by atoms with Crippen LogP contribution in [0.2, 0.25) is 0 Å². The summed E-state index contributed by atoms with van der Waals surface area (Å²) in [5.41, 5.74) is 0. The standard InChI is InChI=1S/C8H6F12O3.C6H6N3O3.3C4H5O2.CH4.3Rf/c1-3(9,10)21-5(13,14)7(17,18)23-8(19,20)6(15,16)22-4(2,11)12;1-10-4-7-5(11-2)9-6(8-4)12-3;3*1-3-4(5)6-2;;;;/h1-2H3;1-3H2;3*3H,1-2H2;1H4;;;/q;-3;3*-1;;;;. The van der Waals surface area contributed by atoms with Gasteiger partial charge in [0.25, 0.3) is 35.9 Å². The topological polar surface area (TPSA) is 173 Å². The van der Waals surface area contributed by atoms with Crippen LogP contribution in [0, 0.1) is 42.7 Å². The Morgan fingerprint density at radius 1 is 0.474 bits per heavy atom. The molecule has 0 spiro atoms. The predicted octanol–water partition coefficient (Wildman–Crippen LogP) is 7.17. The second-order valence-electron chi connectivity index (χ2n) is 7.61. The van der Waals surface area contributed by atoms with Crippen LogP contribution >= 0.6 is 0 Å². The Morgan fingerprint density at radius 2 is 0.649 bits per heavy atom. The molecule has 1 aromatic heterocycles. The average Bonchev–Trinajstić information content (AvgIpc) is 3.05. The van der Waals surface area contributed by atoms with Gasteiger partial charge in [0.2, 0.25) is 0 Å². The Bertz CT molecular complexity index is 1170. The zero-order valence-corrected chi connectivity index (χ0v) is 48.2. The van der Waals surface area contributed by atoms with Gasteiger partial charge in [0.1, 0.15) is 0 Å². The smallest absolute Gasteiger partial charge is 0.453 e. The SMILES string of the molecule is C.C=CC(=O)O[CH2-].C=CC(=O)O[CH2-].C=CC(=O)O[CH2-].CC(F)(F)OC(F)(F)C(F)(F)OC(F)(F)C(F)(F)OC(C)(F)F.[CH2-]Oc1nc(O[CH2-])nc(O[CH2-])n1.[Rf].[Rf].[Rf]. The summed E-state index contributed by atoms with van der Waals surface area (Å²) in [5.74, 6) is -1.51. The normalized spacial score (nSPS) is 10.5. The maximum Gasteiger partial charge on any atom is 0.453 e. The number of rotatable bonds is 14. The molecule has 57 heavy (non-hydrogen) atoms. The summed E-state index contributed by atoms with van der Waals surface area (Å²) in [6.07, 6.45) is -33.5. The molecule has 30 heteroatoms. The summed E-state index contributed by atoms with van der Waals surface area (Å²) in [5, 5.41) is 0. The summed E-state index contributed by atoms with van der Waals surface area (Å²) in [7, 11) is 17.8. The Labute approximate surface area is 299 Å². The molecule has 0 N–H and O–H groups in total. The monoisotopic (exact) mass is 1620 g/mol. The summed E-state index contributed by atoms with van der Waals surface area (Å²) in [6.45, 7) is 8.33. The van der Waals surface area contributed by atoms with E-state index in [-0.39, 0.29) is 25.5 Å². The zero-order valence-electron chi connectivity index (χ0n) is 29.0. The molecule has 1 heterocycles. The molecule has 15 nitrogen and oxygen atoms in total. The Morgan fingerprint density at radius 3 is 0.754 bits per heavy atom. The number of hydrogen-bond donors (Lipinski definition) is 0. The van der Waals surface area contributed by atoms with Crippen LogP contribution in [0.4, 0.5) is 52.7 Å². The molecule has 0 aromatic carbocycles. The van der Waals surface area contributed by atoms with Gasteiger partial charge in [-0.25, -0.2) is 28.6 Å². The third-order valence-electron chi connectivity index (χ3n) is 3.44. The number of esters is 3. The van der Waals surface area contributed by atoms with E-state index in [0.29, 0.717) is 0 Å². The molecule has 1 aromatic rings. The fraction of sp³-hybridized carbons (Fsp3) is 0.333. The number of halogens is 12. The second-order valence-corrected chi connectivity index (χ2v) is 7.61. The van der Waals surface area contributed by atoms with Crippen LogP contribution in [-0.2, 0) is 42.8 Å². The van der Waals surface area contributed by atoms with E-state index in [4.69, 9.17) is 0 Å². The molecule has 0 atom stereocenters. The van der Waals surface area contributed by atoms with E-state index >= 15 is 0 Å². The van der Waals surface area contributed by atoms with Gasteiger partial charge in [0.05, 0.1) is 0 Å². The van der Waals surface area contributed by atoms with Crippen LogP contribution in [0.3, 0.4) is 0 Å². The average molecular weight is 1620 g/mol. The maximum absolute atomic E-state index is 12.7. The Balaban J connectivity index is -0.0000000986. The molecule has 0 saturated carbocycles. The molecular formula is C27H31F12N3O12Rf3-6. The first kappa shape index (κ1) is 67.2. The van der Waals surface area contributed by atoms with Gasteiger partial charge in [0.15, 0.2) is 0 Å². The molecule has 0 unspecified atom stereocenters. The van der Waals surface area contributed by atoms with E-state index in [1.165, 1.54) is 0 Å². The molecule has 322 valence electrons. The minimum atomic E-state index is -6.77. The Hall–Kier alpha value is -7.92. The molecule has 0 saturated heterocycles. The van der Waals surface area contributed by atoms with Crippen molar-refractivity contribution < 1.29 is 110 Å².